The molecular formula is C12H15FO4. The summed E-state index contributed by atoms with van der Waals surface area (Å²) in [5.74, 6) is -0.344. The number of hydrogen-bond donors (Lipinski definition) is 3. The van der Waals surface area contributed by atoms with Crippen molar-refractivity contribution < 1.29 is 24.4 Å². The Labute approximate surface area is 98.3 Å². The largest absolute Gasteiger partial charge is 0.394 e. The summed E-state index contributed by atoms with van der Waals surface area (Å²) >= 11 is 0. The topological polar surface area (TPSA) is 69.9 Å². The van der Waals surface area contributed by atoms with Gasteiger partial charge in [0.15, 0.2) is 0 Å². The maximum absolute atomic E-state index is 12.8. The van der Waals surface area contributed by atoms with Crippen LogP contribution >= 0.6 is 0 Å². The lowest BCUT2D eigenvalue weighted by molar-refractivity contribution is -0.181. The van der Waals surface area contributed by atoms with Gasteiger partial charge in [0.25, 0.3) is 0 Å². The van der Waals surface area contributed by atoms with Gasteiger partial charge in [0.2, 0.25) is 0 Å². The summed E-state index contributed by atoms with van der Waals surface area (Å²) in [5.41, 5.74) is 0.718. The molecule has 17 heavy (non-hydrogen) atoms. The zero-order valence-corrected chi connectivity index (χ0v) is 9.16. The first-order chi connectivity index (χ1) is 8.11. The van der Waals surface area contributed by atoms with Crippen LogP contribution in [0.1, 0.15) is 18.1 Å². The Morgan fingerprint density at radius 3 is 2.47 bits per heavy atom. The van der Waals surface area contributed by atoms with Crippen LogP contribution in [0.25, 0.3) is 0 Å². The minimum Gasteiger partial charge on any atom is -0.394 e. The molecule has 1 aliphatic rings. The van der Waals surface area contributed by atoms with Crippen molar-refractivity contribution in [3.05, 3.63) is 35.6 Å². The van der Waals surface area contributed by atoms with Crippen LogP contribution in [0, 0.1) is 5.82 Å². The second kappa shape index (κ2) is 5.10. The summed E-state index contributed by atoms with van der Waals surface area (Å²) < 4.78 is 18.2. The highest BCUT2D eigenvalue weighted by Gasteiger charge is 2.36. The normalized spacial score (nSPS) is 33.6. The Bertz CT molecular complexity index is 367. The molecule has 94 valence electrons. The van der Waals surface area contributed by atoms with Gasteiger partial charge in [-0.3, -0.25) is 0 Å². The molecule has 3 N–H and O–H groups in total. The van der Waals surface area contributed by atoms with Crippen molar-refractivity contribution >= 4 is 0 Å². The summed E-state index contributed by atoms with van der Waals surface area (Å²) in [4.78, 5) is 0. The average Bonchev–Trinajstić information content (AvgIpc) is 2.33. The molecule has 2 rings (SSSR count). The molecule has 4 nitrogen and oxygen atoms in total. The van der Waals surface area contributed by atoms with E-state index in [-0.39, 0.29) is 18.8 Å². The third-order valence-electron chi connectivity index (χ3n) is 2.99. The molecule has 0 aliphatic carbocycles. The molecule has 0 saturated carbocycles. The van der Waals surface area contributed by atoms with Crippen molar-refractivity contribution in [2.45, 2.75) is 30.8 Å². The number of aliphatic hydroxyl groups is 3. The van der Waals surface area contributed by atoms with Gasteiger partial charge in [-0.25, -0.2) is 4.39 Å². The van der Waals surface area contributed by atoms with E-state index >= 15 is 0 Å². The fourth-order valence-corrected chi connectivity index (χ4v) is 2.00. The van der Waals surface area contributed by atoms with Gasteiger partial charge < -0.3 is 20.1 Å². The minimum absolute atomic E-state index is 0.225. The highest BCUT2D eigenvalue weighted by Crippen LogP contribution is 2.31. The number of rotatable bonds is 2. The van der Waals surface area contributed by atoms with Crippen molar-refractivity contribution in [1.82, 2.24) is 0 Å². The molecule has 1 heterocycles. The first-order valence-corrected chi connectivity index (χ1v) is 5.49. The first-order valence-electron chi connectivity index (χ1n) is 5.49. The molecule has 0 spiro atoms. The van der Waals surface area contributed by atoms with Crippen molar-refractivity contribution in [3.8, 4) is 0 Å². The summed E-state index contributed by atoms with van der Waals surface area (Å²) in [6.45, 7) is -0.365. The Morgan fingerprint density at radius 2 is 1.88 bits per heavy atom. The van der Waals surface area contributed by atoms with Gasteiger partial charge in [0.05, 0.1) is 18.8 Å². The lowest BCUT2D eigenvalue weighted by atomic mass is 9.94. The summed E-state index contributed by atoms with van der Waals surface area (Å²) in [6, 6.07) is 5.76. The van der Waals surface area contributed by atoms with Gasteiger partial charge in [0.1, 0.15) is 18.0 Å². The van der Waals surface area contributed by atoms with Crippen molar-refractivity contribution in [1.29, 1.82) is 0 Å². The minimum atomic E-state index is -1.09. The van der Waals surface area contributed by atoms with Gasteiger partial charge >= 0.3 is 0 Å². The third kappa shape index (κ3) is 2.63. The molecule has 0 bridgehead atoms. The smallest absolute Gasteiger partial charge is 0.123 e. The molecular weight excluding hydrogens is 227 g/mol. The monoisotopic (exact) mass is 242 g/mol. The summed E-state index contributed by atoms with van der Waals surface area (Å²) in [7, 11) is 0. The maximum atomic E-state index is 12.8. The van der Waals surface area contributed by atoms with Crippen LogP contribution in [0.15, 0.2) is 24.3 Å². The van der Waals surface area contributed by atoms with E-state index in [0.717, 1.165) is 5.56 Å². The second-order valence-corrected chi connectivity index (χ2v) is 4.19. The molecule has 5 heteroatoms. The Morgan fingerprint density at radius 1 is 1.24 bits per heavy atom. The molecule has 0 radical (unpaired) electrons. The average molecular weight is 242 g/mol. The highest BCUT2D eigenvalue weighted by molar-refractivity contribution is 5.19. The quantitative estimate of drug-likeness (QED) is 0.700. The maximum Gasteiger partial charge on any atom is 0.123 e. The molecule has 1 aromatic rings. The van der Waals surface area contributed by atoms with Gasteiger partial charge in [-0.05, 0) is 17.7 Å². The third-order valence-corrected chi connectivity index (χ3v) is 2.99. The van der Waals surface area contributed by atoms with E-state index in [1.54, 1.807) is 12.1 Å². The lowest BCUT2D eigenvalue weighted by Crippen LogP contribution is -2.47. The number of ether oxygens (including phenoxy) is 1. The molecule has 1 saturated heterocycles. The number of hydrogen-bond acceptors (Lipinski definition) is 4. The number of benzene rings is 1. The van der Waals surface area contributed by atoms with E-state index in [1.165, 1.54) is 12.1 Å². The van der Waals surface area contributed by atoms with Crippen LogP contribution < -0.4 is 0 Å². The van der Waals surface area contributed by atoms with Crippen LogP contribution in [0.4, 0.5) is 4.39 Å². The highest BCUT2D eigenvalue weighted by atomic mass is 19.1. The molecule has 1 aliphatic heterocycles. The summed E-state index contributed by atoms with van der Waals surface area (Å²) in [6.07, 6.45) is -3.06. The second-order valence-electron chi connectivity index (χ2n) is 4.19. The molecule has 1 aromatic carbocycles. The summed E-state index contributed by atoms with van der Waals surface area (Å²) in [5, 5.41) is 28.2. The van der Waals surface area contributed by atoms with Gasteiger partial charge in [-0.1, -0.05) is 12.1 Å². The fraction of sp³-hybridized carbons (Fsp3) is 0.500. The molecule has 1 fully saturated rings. The van der Waals surface area contributed by atoms with E-state index in [0.29, 0.717) is 0 Å². The van der Waals surface area contributed by atoms with Crippen LogP contribution in [0.5, 0.6) is 0 Å². The fourth-order valence-electron chi connectivity index (χ4n) is 2.00. The molecule has 0 amide bonds. The SMILES string of the molecule is OC[C@H]1OC(c2ccc(F)cc2)C[C@@H](O)[C@@H]1O. The van der Waals surface area contributed by atoms with Crippen molar-refractivity contribution in [2.24, 2.45) is 0 Å². The van der Waals surface area contributed by atoms with Crippen LogP contribution in [-0.4, -0.2) is 40.2 Å². The lowest BCUT2D eigenvalue weighted by Gasteiger charge is -2.36. The van der Waals surface area contributed by atoms with Crippen LogP contribution in [-0.2, 0) is 4.74 Å². The van der Waals surface area contributed by atoms with Gasteiger partial charge in [0, 0.05) is 6.42 Å². The predicted molar refractivity (Wildman–Crippen MR) is 57.7 cm³/mol. The van der Waals surface area contributed by atoms with E-state index < -0.39 is 24.4 Å². The molecule has 0 aromatic heterocycles. The number of halogens is 1. The van der Waals surface area contributed by atoms with Gasteiger partial charge in [-0.15, -0.1) is 0 Å². The first kappa shape index (κ1) is 12.4. The van der Waals surface area contributed by atoms with Crippen molar-refractivity contribution in [2.75, 3.05) is 6.61 Å². The van der Waals surface area contributed by atoms with Crippen molar-refractivity contribution in [3.63, 3.8) is 0 Å². The van der Waals surface area contributed by atoms with E-state index in [1.807, 2.05) is 0 Å². The number of aliphatic hydroxyl groups excluding tert-OH is 3. The van der Waals surface area contributed by atoms with E-state index in [9.17, 15) is 14.6 Å². The zero-order chi connectivity index (χ0) is 12.4. The Hall–Kier alpha value is -1.01. The van der Waals surface area contributed by atoms with E-state index in [4.69, 9.17) is 9.84 Å². The van der Waals surface area contributed by atoms with Crippen LogP contribution in [0.2, 0.25) is 0 Å². The molecule has 4 atom stereocenters. The van der Waals surface area contributed by atoms with Gasteiger partial charge in [-0.2, -0.15) is 0 Å². The standard InChI is InChI=1S/C12H15FO4/c13-8-3-1-7(2-4-8)10-5-9(15)12(16)11(6-14)17-10/h1-4,9-12,14-16H,5-6H2/t9-,10?,11-,12+/m1/s1. The Balaban J connectivity index is 2.14. The van der Waals surface area contributed by atoms with Crippen LogP contribution in [0.3, 0.4) is 0 Å². The predicted octanol–water partition coefficient (Wildman–Crippen LogP) is 0.370. The molecule has 1 unspecified atom stereocenters. The zero-order valence-electron chi connectivity index (χ0n) is 9.16. The van der Waals surface area contributed by atoms with E-state index in [2.05, 4.69) is 0 Å². The Kier molecular flexibility index (Phi) is 3.73.